The van der Waals surface area contributed by atoms with Gasteiger partial charge in [0, 0.05) is 5.56 Å². The Balaban J connectivity index is 2.55. The number of hydrogen-bond acceptors (Lipinski definition) is 3. The van der Waals surface area contributed by atoms with Crippen molar-refractivity contribution in [3.63, 3.8) is 0 Å². The first-order chi connectivity index (χ1) is 8.54. The summed E-state index contributed by atoms with van der Waals surface area (Å²) in [7, 11) is 0. The highest BCUT2D eigenvalue weighted by Gasteiger charge is 2.19. The quantitative estimate of drug-likeness (QED) is 0.811. The Kier molecular flexibility index (Phi) is 3.88. The van der Waals surface area contributed by atoms with Crippen molar-refractivity contribution in [1.29, 1.82) is 0 Å². The molecule has 0 saturated carbocycles. The van der Waals surface area contributed by atoms with E-state index in [1.54, 1.807) is 4.68 Å². The fourth-order valence-electron chi connectivity index (χ4n) is 1.69. The third-order valence-corrected chi connectivity index (χ3v) is 3.29. The fraction of sp³-hybridized carbons (Fsp3) is 0.417. The summed E-state index contributed by atoms with van der Waals surface area (Å²) in [5, 5.41) is 13.1. The molecule has 0 aliphatic heterocycles. The highest BCUT2D eigenvalue weighted by molar-refractivity contribution is 6.31. The van der Waals surface area contributed by atoms with Gasteiger partial charge in [-0.15, -0.1) is 16.7 Å². The molecular formula is C12H14Cl2N4. The summed E-state index contributed by atoms with van der Waals surface area (Å²) in [6.07, 6.45) is 0. The van der Waals surface area contributed by atoms with Crippen LogP contribution >= 0.6 is 23.2 Å². The Labute approximate surface area is 116 Å². The number of hydrogen-bond donors (Lipinski definition) is 0. The van der Waals surface area contributed by atoms with Crippen molar-refractivity contribution in [3.05, 3.63) is 34.2 Å². The Hall–Kier alpha value is -1.13. The molecule has 0 amide bonds. The highest BCUT2D eigenvalue weighted by Crippen LogP contribution is 2.28. The van der Waals surface area contributed by atoms with E-state index in [1.807, 2.05) is 19.1 Å². The average Bonchev–Trinajstić information content (AvgIpc) is 2.67. The predicted molar refractivity (Wildman–Crippen MR) is 72.5 cm³/mol. The van der Waals surface area contributed by atoms with Gasteiger partial charge in [-0.2, -0.15) is 10.2 Å². The largest absolute Gasteiger partial charge is 0.201 e. The minimum Gasteiger partial charge on any atom is -0.201 e. The third-order valence-electron chi connectivity index (χ3n) is 2.63. The lowest BCUT2D eigenvalue weighted by Gasteiger charge is -2.01. The van der Waals surface area contributed by atoms with Gasteiger partial charge in [0.25, 0.3) is 0 Å². The van der Waals surface area contributed by atoms with Crippen LogP contribution in [0.25, 0.3) is 5.82 Å². The summed E-state index contributed by atoms with van der Waals surface area (Å²) in [4.78, 5) is 0. The molecule has 4 nitrogen and oxygen atoms in total. The molecule has 0 bridgehead atoms. The predicted octanol–water partition coefficient (Wildman–Crippen LogP) is 3.49. The normalized spacial score (nSPS) is 11.2. The van der Waals surface area contributed by atoms with Crippen LogP contribution in [0.4, 0.5) is 0 Å². The molecule has 2 aromatic heterocycles. The lowest BCUT2D eigenvalue weighted by atomic mass is 10.1. The standard InChI is InChI=1S/C12H14Cl2N4/c1-7(2)11-9(6-13)12(14)18(17-11)10-5-4-8(3)15-16-10/h4-5,7H,6H2,1-3H3. The van der Waals surface area contributed by atoms with E-state index in [0.717, 1.165) is 17.0 Å². The molecule has 0 aliphatic rings. The maximum Gasteiger partial charge on any atom is 0.177 e. The van der Waals surface area contributed by atoms with Crippen molar-refractivity contribution in [2.24, 2.45) is 0 Å². The van der Waals surface area contributed by atoms with Crippen LogP contribution in [0.15, 0.2) is 12.1 Å². The monoisotopic (exact) mass is 284 g/mol. The highest BCUT2D eigenvalue weighted by atomic mass is 35.5. The van der Waals surface area contributed by atoms with E-state index < -0.39 is 0 Å². The average molecular weight is 285 g/mol. The number of alkyl halides is 1. The minimum absolute atomic E-state index is 0.260. The maximum atomic E-state index is 6.30. The summed E-state index contributed by atoms with van der Waals surface area (Å²) in [6.45, 7) is 5.99. The van der Waals surface area contributed by atoms with Gasteiger partial charge in [-0.25, -0.2) is 4.68 Å². The van der Waals surface area contributed by atoms with Crippen molar-refractivity contribution in [2.45, 2.75) is 32.6 Å². The molecule has 2 rings (SSSR count). The van der Waals surface area contributed by atoms with Gasteiger partial charge in [-0.1, -0.05) is 25.4 Å². The topological polar surface area (TPSA) is 43.6 Å². The van der Waals surface area contributed by atoms with Crippen LogP contribution in [-0.4, -0.2) is 20.0 Å². The number of aryl methyl sites for hydroxylation is 1. The molecule has 0 unspecified atom stereocenters. The third kappa shape index (κ3) is 2.35. The molecule has 0 N–H and O–H groups in total. The number of aromatic nitrogens is 4. The lowest BCUT2D eigenvalue weighted by molar-refractivity contribution is 0.743. The zero-order valence-corrected chi connectivity index (χ0v) is 12.0. The second kappa shape index (κ2) is 5.24. The van der Waals surface area contributed by atoms with Crippen LogP contribution in [0.5, 0.6) is 0 Å². The molecule has 96 valence electrons. The van der Waals surface area contributed by atoms with Crippen molar-refractivity contribution in [2.75, 3.05) is 0 Å². The molecule has 0 radical (unpaired) electrons. The summed E-state index contributed by atoms with van der Waals surface area (Å²) < 4.78 is 1.58. The van der Waals surface area contributed by atoms with Gasteiger partial charge in [-0.3, -0.25) is 0 Å². The van der Waals surface area contributed by atoms with Gasteiger partial charge in [0.2, 0.25) is 0 Å². The van der Waals surface area contributed by atoms with E-state index in [2.05, 4.69) is 29.1 Å². The fourth-order valence-corrected chi connectivity index (χ4v) is 2.31. The number of halogens is 2. The zero-order chi connectivity index (χ0) is 13.3. The van der Waals surface area contributed by atoms with Gasteiger partial charge < -0.3 is 0 Å². The molecule has 0 spiro atoms. The molecule has 2 heterocycles. The van der Waals surface area contributed by atoms with Crippen LogP contribution in [-0.2, 0) is 5.88 Å². The molecular weight excluding hydrogens is 271 g/mol. The Morgan fingerprint density at radius 1 is 1.28 bits per heavy atom. The first-order valence-corrected chi connectivity index (χ1v) is 6.59. The van der Waals surface area contributed by atoms with Gasteiger partial charge in [-0.05, 0) is 25.0 Å². The first kappa shape index (κ1) is 13.3. The van der Waals surface area contributed by atoms with E-state index in [4.69, 9.17) is 23.2 Å². The molecule has 0 aliphatic carbocycles. The Morgan fingerprint density at radius 2 is 2.00 bits per heavy atom. The number of rotatable bonds is 3. The van der Waals surface area contributed by atoms with Crippen LogP contribution in [0, 0.1) is 6.92 Å². The van der Waals surface area contributed by atoms with Crippen molar-refractivity contribution < 1.29 is 0 Å². The SMILES string of the molecule is Cc1ccc(-n2nc(C(C)C)c(CCl)c2Cl)nn1. The second-order valence-electron chi connectivity index (χ2n) is 4.39. The summed E-state index contributed by atoms with van der Waals surface area (Å²) in [6, 6.07) is 3.71. The van der Waals surface area contributed by atoms with Gasteiger partial charge >= 0.3 is 0 Å². The molecule has 6 heteroatoms. The first-order valence-electron chi connectivity index (χ1n) is 5.68. The Morgan fingerprint density at radius 3 is 2.44 bits per heavy atom. The maximum absolute atomic E-state index is 6.30. The molecule has 0 fully saturated rings. The van der Waals surface area contributed by atoms with Crippen molar-refractivity contribution in [1.82, 2.24) is 20.0 Å². The van der Waals surface area contributed by atoms with E-state index in [-0.39, 0.29) is 5.92 Å². The lowest BCUT2D eigenvalue weighted by Crippen LogP contribution is -2.02. The van der Waals surface area contributed by atoms with Crippen LogP contribution in [0.2, 0.25) is 5.15 Å². The van der Waals surface area contributed by atoms with Crippen LogP contribution in [0.1, 0.15) is 36.7 Å². The van der Waals surface area contributed by atoms with Gasteiger partial charge in [0.1, 0.15) is 5.15 Å². The summed E-state index contributed by atoms with van der Waals surface area (Å²) in [5.41, 5.74) is 2.61. The van der Waals surface area contributed by atoms with Crippen molar-refractivity contribution in [3.8, 4) is 5.82 Å². The molecule has 0 atom stereocenters. The van der Waals surface area contributed by atoms with E-state index in [0.29, 0.717) is 16.9 Å². The van der Waals surface area contributed by atoms with Gasteiger partial charge in [0.05, 0.1) is 17.3 Å². The second-order valence-corrected chi connectivity index (χ2v) is 5.01. The molecule has 18 heavy (non-hydrogen) atoms. The summed E-state index contributed by atoms with van der Waals surface area (Å²) in [5.74, 6) is 1.20. The van der Waals surface area contributed by atoms with E-state index in [9.17, 15) is 0 Å². The minimum atomic E-state index is 0.260. The summed E-state index contributed by atoms with van der Waals surface area (Å²) >= 11 is 12.2. The van der Waals surface area contributed by atoms with Crippen LogP contribution in [0.3, 0.4) is 0 Å². The van der Waals surface area contributed by atoms with Crippen molar-refractivity contribution >= 4 is 23.2 Å². The molecule has 0 aromatic carbocycles. The molecule has 0 saturated heterocycles. The smallest absolute Gasteiger partial charge is 0.177 e. The Bertz CT molecular complexity index is 546. The zero-order valence-electron chi connectivity index (χ0n) is 10.5. The van der Waals surface area contributed by atoms with Gasteiger partial charge in [0.15, 0.2) is 5.82 Å². The van der Waals surface area contributed by atoms with E-state index >= 15 is 0 Å². The van der Waals surface area contributed by atoms with Crippen LogP contribution < -0.4 is 0 Å². The number of nitrogens with zero attached hydrogens (tertiary/aromatic N) is 4. The van der Waals surface area contributed by atoms with E-state index in [1.165, 1.54) is 0 Å². The molecule has 2 aromatic rings.